The molecule has 0 bridgehead atoms. The van der Waals surface area contributed by atoms with Crippen LogP contribution >= 0.6 is 0 Å². The van der Waals surface area contributed by atoms with Gasteiger partial charge in [0.15, 0.2) is 5.82 Å². The quantitative estimate of drug-likeness (QED) is 0.194. The van der Waals surface area contributed by atoms with Crippen molar-refractivity contribution >= 4 is 32.4 Å². The van der Waals surface area contributed by atoms with E-state index in [1.54, 1.807) is 0 Å². The van der Waals surface area contributed by atoms with Gasteiger partial charge in [0.05, 0.1) is 11.2 Å². The van der Waals surface area contributed by atoms with Crippen molar-refractivity contribution in [2.75, 3.05) is 0 Å². The SMILES string of the molecule is c1ccc(-c2nc(-c3ccccc3)c3cc(-c4cc(-c5ccc6ccccc6c5)cc(-c5ccc6ccccc6c5)c4)ccc3n2)cc1. The fraction of sp³-hybridized carbons (Fsp3) is 0. The Labute approximate surface area is 279 Å². The number of aromatic nitrogens is 2. The van der Waals surface area contributed by atoms with Gasteiger partial charge in [-0.2, -0.15) is 0 Å². The first-order valence-electron chi connectivity index (χ1n) is 16.3. The molecule has 48 heavy (non-hydrogen) atoms. The van der Waals surface area contributed by atoms with Crippen LogP contribution in [-0.4, -0.2) is 9.97 Å². The third kappa shape index (κ3) is 5.20. The summed E-state index contributed by atoms with van der Waals surface area (Å²) in [7, 11) is 0. The van der Waals surface area contributed by atoms with E-state index in [4.69, 9.17) is 9.97 Å². The van der Waals surface area contributed by atoms with Gasteiger partial charge in [0.1, 0.15) is 0 Å². The van der Waals surface area contributed by atoms with E-state index in [1.165, 1.54) is 43.8 Å². The Kier molecular flexibility index (Phi) is 6.84. The van der Waals surface area contributed by atoms with Crippen LogP contribution in [0.15, 0.2) is 182 Å². The van der Waals surface area contributed by atoms with Crippen molar-refractivity contribution in [2.45, 2.75) is 0 Å². The predicted molar refractivity (Wildman–Crippen MR) is 202 cm³/mol. The standard InChI is InChI=1S/C46H30N2/c1-3-13-33(14-4-1)45-43-30-39(23-24-44(43)47-46(48-45)34-15-5-2-6-16-34)42-28-40(37-21-19-31-11-7-9-17-35(31)25-37)27-41(29-42)38-22-20-32-12-8-10-18-36(32)26-38/h1-30H. The Bertz CT molecular complexity index is 2510. The molecule has 1 heterocycles. The maximum atomic E-state index is 5.15. The predicted octanol–water partition coefficient (Wildman–Crippen LogP) is 12.3. The van der Waals surface area contributed by atoms with Crippen molar-refractivity contribution < 1.29 is 0 Å². The van der Waals surface area contributed by atoms with Crippen LogP contribution in [0.2, 0.25) is 0 Å². The average molecular weight is 611 g/mol. The molecule has 0 saturated heterocycles. The molecule has 2 heteroatoms. The van der Waals surface area contributed by atoms with Crippen LogP contribution in [-0.2, 0) is 0 Å². The van der Waals surface area contributed by atoms with Crippen LogP contribution in [0, 0.1) is 0 Å². The molecule has 9 rings (SSSR count). The van der Waals surface area contributed by atoms with Gasteiger partial charge < -0.3 is 0 Å². The monoisotopic (exact) mass is 610 g/mol. The zero-order valence-electron chi connectivity index (χ0n) is 26.2. The third-order valence-corrected chi connectivity index (χ3v) is 9.21. The number of hydrogen-bond donors (Lipinski definition) is 0. The second-order valence-corrected chi connectivity index (χ2v) is 12.3. The molecule has 0 aliphatic carbocycles. The van der Waals surface area contributed by atoms with E-state index in [0.29, 0.717) is 0 Å². The van der Waals surface area contributed by atoms with Crippen LogP contribution in [0.3, 0.4) is 0 Å². The molecule has 0 radical (unpaired) electrons. The second kappa shape index (κ2) is 11.8. The lowest BCUT2D eigenvalue weighted by Crippen LogP contribution is -1.95. The lowest BCUT2D eigenvalue weighted by atomic mass is 9.91. The van der Waals surface area contributed by atoms with Gasteiger partial charge in [-0.3, -0.25) is 0 Å². The van der Waals surface area contributed by atoms with Crippen LogP contribution in [0.4, 0.5) is 0 Å². The van der Waals surface area contributed by atoms with E-state index >= 15 is 0 Å². The molecule has 0 N–H and O–H groups in total. The van der Waals surface area contributed by atoms with E-state index in [-0.39, 0.29) is 0 Å². The van der Waals surface area contributed by atoms with E-state index in [0.717, 1.165) is 44.7 Å². The number of hydrogen-bond acceptors (Lipinski definition) is 2. The Morgan fingerprint density at radius 3 is 1.29 bits per heavy atom. The molecule has 0 amide bonds. The highest BCUT2D eigenvalue weighted by molar-refractivity contribution is 5.98. The summed E-state index contributed by atoms with van der Waals surface area (Å²) >= 11 is 0. The van der Waals surface area contributed by atoms with E-state index in [2.05, 4.69) is 158 Å². The minimum Gasteiger partial charge on any atom is -0.228 e. The average Bonchev–Trinajstić information content (AvgIpc) is 3.17. The topological polar surface area (TPSA) is 25.8 Å². The smallest absolute Gasteiger partial charge is 0.160 e. The molecule has 0 aliphatic heterocycles. The van der Waals surface area contributed by atoms with E-state index in [9.17, 15) is 0 Å². The van der Waals surface area contributed by atoms with Gasteiger partial charge in [-0.05, 0) is 97.4 Å². The summed E-state index contributed by atoms with van der Waals surface area (Å²) < 4.78 is 0. The second-order valence-electron chi connectivity index (χ2n) is 12.3. The normalized spacial score (nSPS) is 11.3. The maximum Gasteiger partial charge on any atom is 0.160 e. The van der Waals surface area contributed by atoms with Gasteiger partial charge in [0, 0.05) is 16.5 Å². The molecule has 0 fully saturated rings. The fourth-order valence-electron chi connectivity index (χ4n) is 6.71. The molecule has 0 atom stereocenters. The largest absolute Gasteiger partial charge is 0.228 e. The molecule has 2 nitrogen and oxygen atoms in total. The van der Waals surface area contributed by atoms with Crippen molar-refractivity contribution in [1.82, 2.24) is 9.97 Å². The van der Waals surface area contributed by atoms with E-state index < -0.39 is 0 Å². The molecule has 9 aromatic rings. The molecule has 0 spiro atoms. The van der Waals surface area contributed by atoms with Gasteiger partial charge in [-0.15, -0.1) is 0 Å². The number of fused-ring (bicyclic) bond motifs is 3. The summed E-state index contributed by atoms with van der Waals surface area (Å²) in [6.07, 6.45) is 0. The van der Waals surface area contributed by atoms with Gasteiger partial charge in [0.2, 0.25) is 0 Å². The maximum absolute atomic E-state index is 5.15. The summed E-state index contributed by atoms with van der Waals surface area (Å²) in [6, 6.07) is 64.8. The minimum atomic E-state index is 0.728. The zero-order valence-corrected chi connectivity index (χ0v) is 26.2. The summed E-state index contributed by atoms with van der Waals surface area (Å²) in [5.74, 6) is 0.728. The minimum absolute atomic E-state index is 0.728. The first-order valence-corrected chi connectivity index (χ1v) is 16.3. The number of nitrogens with zero attached hydrogens (tertiary/aromatic N) is 2. The summed E-state index contributed by atoms with van der Waals surface area (Å²) in [4.78, 5) is 10.2. The van der Waals surface area contributed by atoms with E-state index in [1.807, 2.05) is 24.3 Å². The number of rotatable bonds is 5. The van der Waals surface area contributed by atoms with Crippen molar-refractivity contribution in [1.29, 1.82) is 0 Å². The highest BCUT2D eigenvalue weighted by Gasteiger charge is 2.14. The Morgan fingerprint density at radius 2 is 0.729 bits per heavy atom. The van der Waals surface area contributed by atoms with Gasteiger partial charge >= 0.3 is 0 Å². The lowest BCUT2D eigenvalue weighted by molar-refractivity contribution is 1.23. The van der Waals surface area contributed by atoms with Crippen LogP contribution in [0.5, 0.6) is 0 Å². The van der Waals surface area contributed by atoms with Gasteiger partial charge in [0.25, 0.3) is 0 Å². The van der Waals surface area contributed by atoms with Crippen LogP contribution < -0.4 is 0 Å². The molecular formula is C46H30N2. The van der Waals surface area contributed by atoms with Crippen molar-refractivity contribution in [2.24, 2.45) is 0 Å². The first kappa shape index (κ1) is 27.9. The number of benzene rings is 8. The molecule has 0 aliphatic rings. The third-order valence-electron chi connectivity index (χ3n) is 9.21. The molecule has 1 aromatic heterocycles. The van der Waals surface area contributed by atoms with Gasteiger partial charge in [-0.25, -0.2) is 9.97 Å². The first-order chi connectivity index (χ1) is 23.7. The summed E-state index contributed by atoms with van der Waals surface area (Å²) in [5, 5.41) is 5.98. The fourth-order valence-corrected chi connectivity index (χ4v) is 6.71. The van der Waals surface area contributed by atoms with Crippen LogP contribution in [0.25, 0.3) is 88.5 Å². The van der Waals surface area contributed by atoms with Crippen molar-refractivity contribution in [3.63, 3.8) is 0 Å². The van der Waals surface area contributed by atoms with Crippen LogP contribution in [0.1, 0.15) is 0 Å². The Hall–Kier alpha value is -6.38. The Morgan fingerprint density at radius 1 is 0.271 bits per heavy atom. The van der Waals surface area contributed by atoms with Crippen molar-refractivity contribution in [3.8, 4) is 56.0 Å². The summed E-state index contributed by atoms with van der Waals surface area (Å²) in [6.45, 7) is 0. The highest BCUT2D eigenvalue weighted by atomic mass is 14.9. The molecule has 0 unspecified atom stereocenters. The molecular weight excluding hydrogens is 581 g/mol. The zero-order chi connectivity index (χ0) is 31.9. The molecule has 0 saturated carbocycles. The molecule has 224 valence electrons. The Balaban J connectivity index is 1.25. The lowest BCUT2D eigenvalue weighted by Gasteiger charge is -2.14. The molecule has 8 aromatic carbocycles. The summed E-state index contributed by atoms with van der Waals surface area (Å²) in [5.41, 5.74) is 11.0. The van der Waals surface area contributed by atoms with Gasteiger partial charge in [-0.1, -0.05) is 140 Å². The highest BCUT2D eigenvalue weighted by Crippen LogP contribution is 2.37. The van der Waals surface area contributed by atoms with Crippen molar-refractivity contribution in [3.05, 3.63) is 182 Å².